The second-order valence-corrected chi connectivity index (χ2v) is 19.8. The number of allylic oxidation sites excluding steroid dienone is 7. The van der Waals surface area contributed by atoms with Crippen molar-refractivity contribution in [2.24, 2.45) is 11.8 Å². The van der Waals surface area contributed by atoms with Gasteiger partial charge in [-0.2, -0.15) is 0 Å². The number of nitrogens with zero attached hydrogens (tertiary/aromatic N) is 2. The number of hydrogen-bond acceptors (Lipinski definition) is 1. The predicted molar refractivity (Wildman–Crippen MR) is 283 cm³/mol. The Bertz CT molecular complexity index is 4060. The van der Waals surface area contributed by atoms with E-state index in [1.807, 2.05) is 11.8 Å². The molecule has 9 aromatic carbocycles. The van der Waals surface area contributed by atoms with E-state index in [1.54, 1.807) is 0 Å². The fourth-order valence-electron chi connectivity index (χ4n) is 12.6. The molecule has 11 aromatic rings. The molecule has 0 saturated carbocycles. The van der Waals surface area contributed by atoms with Crippen LogP contribution in [0.2, 0.25) is 0 Å². The first-order valence-corrected chi connectivity index (χ1v) is 24.5. The van der Waals surface area contributed by atoms with E-state index in [2.05, 4.69) is 240 Å². The second kappa shape index (κ2) is 14.3. The van der Waals surface area contributed by atoms with Crippen LogP contribution in [0.4, 0.5) is 0 Å². The van der Waals surface area contributed by atoms with E-state index in [9.17, 15) is 0 Å². The number of para-hydroxylation sites is 4. The molecule has 1 aliphatic heterocycles. The van der Waals surface area contributed by atoms with Gasteiger partial charge in [0.25, 0.3) is 0 Å². The number of thioether (sulfide) groups is 1. The maximum absolute atomic E-state index is 2.57. The molecule has 2 nitrogen and oxygen atoms in total. The highest BCUT2D eigenvalue weighted by molar-refractivity contribution is 8.00. The van der Waals surface area contributed by atoms with Gasteiger partial charge < -0.3 is 9.13 Å². The van der Waals surface area contributed by atoms with Crippen molar-refractivity contribution in [3.8, 4) is 16.8 Å². The molecule has 0 bridgehead atoms. The standard InChI is InChI=1S/C64H42N2S/c1-5-26-48-44(22-1)60(45-23-2-6-27-49(45)63(48)65-54-31-13-9-18-40(54)41-19-10-14-32-55(41)65)39-36-37-52-59(38-39)67-58-35-17-30-53(62(52)58)61-46-24-3-7-28-50(46)64(51-29-8-4-25-47(51)61)66-56-33-15-11-20-42(56)43-21-12-16-34-57(43)66/h1-38,46,50,58,62H. The van der Waals surface area contributed by atoms with Gasteiger partial charge >= 0.3 is 0 Å². The maximum atomic E-state index is 2.57. The molecule has 0 fully saturated rings. The summed E-state index contributed by atoms with van der Waals surface area (Å²) < 4.78 is 5.08. The van der Waals surface area contributed by atoms with Crippen molar-refractivity contribution in [3.05, 3.63) is 252 Å². The Hall–Kier alpha value is -7.85. The molecule has 4 unspecified atom stereocenters. The van der Waals surface area contributed by atoms with Gasteiger partial charge in [-0.25, -0.2) is 0 Å². The van der Waals surface area contributed by atoms with Crippen molar-refractivity contribution in [2.75, 3.05) is 0 Å². The lowest BCUT2D eigenvalue weighted by molar-refractivity contribution is 0.651. The Kier molecular flexibility index (Phi) is 7.99. The summed E-state index contributed by atoms with van der Waals surface area (Å²) in [6.45, 7) is 0. The van der Waals surface area contributed by atoms with Crippen molar-refractivity contribution in [1.29, 1.82) is 0 Å². The highest BCUT2D eigenvalue weighted by Gasteiger charge is 2.42. The molecule has 0 amide bonds. The van der Waals surface area contributed by atoms with Gasteiger partial charge in [0.15, 0.2) is 0 Å². The molecular formula is C64H42N2S. The molecule has 3 heteroatoms. The summed E-state index contributed by atoms with van der Waals surface area (Å²) in [7, 11) is 0. The Morgan fingerprint density at radius 2 is 0.896 bits per heavy atom. The molecule has 15 rings (SSSR count). The van der Waals surface area contributed by atoms with Gasteiger partial charge in [0.2, 0.25) is 0 Å². The molecular weight excluding hydrogens is 829 g/mol. The second-order valence-electron chi connectivity index (χ2n) is 18.5. The van der Waals surface area contributed by atoms with E-state index in [0.717, 1.165) is 0 Å². The van der Waals surface area contributed by atoms with Gasteiger partial charge in [-0.3, -0.25) is 0 Å². The van der Waals surface area contributed by atoms with Crippen LogP contribution in [-0.2, 0) is 0 Å². The number of aromatic nitrogens is 2. The minimum Gasteiger partial charge on any atom is -0.312 e. The van der Waals surface area contributed by atoms with Gasteiger partial charge in [0.05, 0.1) is 27.8 Å². The fraction of sp³-hybridized carbons (Fsp3) is 0.0625. The third kappa shape index (κ3) is 5.23. The zero-order valence-electron chi connectivity index (χ0n) is 36.6. The first-order chi connectivity index (χ1) is 33.3. The molecule has 3 heterocycles. The predicted octanol–water partition coefficient (Wildman–Crippen LogP) is 14.8. The Morgan fingerprint density at radius 1 is 0.403 bits per heavy atom. The molecule has 3 aliphatic carbocycles. The molecule has 314 valence electrons. The summed E-state index contributed by atoms with van der Waals surface area (Å²) >= 11 is 2.04. The molecule has 2 aromatic heterocycles. The molecule has 0 N–H and O–H groups in total. The average molecular weight is 871 g/mol. The van der Waals surface area contributed by atoms with Crippen molar-refractivity contribution < 1.29 is 0 Å². The lowest BCUT2D eigenvalue weighted by Crippen LogP contribution is -2.42. The molecule has 0 saturated heterocycles. The topological polar surface area (TPSA) is 9.86 Å². The minimum absolute atomic E-state index is 0.169. The van der Waals surface area contributed by atoms with Gasteiger partial charge in [0, 0.05) is 71.1 Å². The van der Waals surface area contributed by atoms with Crippen molar-refractivity contribution in [3.63, 3.8) is 0 Å². The summed E-state index contributed by atoms with van der Waals surface area (Å²) in [5.74, 6) is 0.595. The molecule has 67 heavy (non-hydrogen) atoms. The molecule has 0 radical (unpaired) electrons. The number of rotatable bonds is 4. The Morgan fingerprint density at radius 3 is 1.49 bits per heavy atom. The molecule has 4 aliphatic rings. The quantitative estimate of drug-likeness (QED) is 0.160. The first kappa shape index (κ1) is 37.4. The number of hydrogen-bond donors (Lipinski definition) is 0. The number of fused-ring (bicyclic) bond motifs is 13. The smallest absolute Gasteiger partial charge is 0.0619 e. The fourth-order valence-corrected chi connectivity index (χ4v) is 14.0. The highest BCUT2D eigenvalue weighted by Crippen LogP contribution is 2.56. The summed E-state index contributed by atoms with van der Waals surface area (Å²) in [6, 6.07) is 70.4. The zero-order valence-corrected chi connectivity index (χ0v) is 37.4. The van der Waals surface area contributed by atoms with Gasteiger partial charge in [-0.15, -0.1) is 11.8 Å². The Balaban J connectivity index is 0.924. The molecule has 0 spiro atoms. The third-order valence-electron chi connectivity index (χ3n) is 15.3. The minimum atomic E-state index is 0.169. The van der Waals surface area contributed by atoms with Gasteiger partial charge in [0.1, 0.15) is 0 Å². The average Bonchev–Trinajstić information content (AvgIpc) is 4.05. The summed E-state index contributed by atoms with van der Waals surface area (Å²) in [6.07, 6.45) is 16.7. The van der Waals surface area contributed by atoms with Crippen LogP contribution in [0.3, 0.4) is 0 Å². The van der Waals surface area contributed by atoms with Crippen LogP contribution in [-0.4, -0.2) is 14.4 Å². The summed E-state index contributed by atoms with van der Waals surface area (Å²) in [4.78, 5) is 1.38. The third-order valence-corrected chi connectivity index (χ3v) is 16.6. The van der Waals surface area contributed by atoms with Crippen molar-refractivity contribution in [1.82, 2.24) is 9.13 Å². The lowest BCUT2D eigenvalue weighted by atomic mass is 9.69. The zero-order chi connectivity index (χ0) is 43.7. The van der Waals surface area contributed by atoms with E-state index in [-0.39, 0.29) is 17.8 Å². The SMILES string of the molecule is C1=CC2Sc3cc(-c4c5ccccc5c(-n5c6ccccc6c6ccccc65)c5ccccc45)ccc3C2C(C2=c3ccccc3=C(n3c4ccccc4c4ccccc43)C3C=CC=CC23)=C1. The summed E-state index contributed by atoms with van der Waals surface area (Å²) in [5, 5.41) is 13.2. The Labute approximate surface area is 392 Å². The largest absolute Gasteiger partial charge is 0.312 e. The summed E-state index contributed by atoms with van der Waals surface area (Å²) in [5.41, 5.74) is 14.5. The van der Waals surface area contributed by atoms with Crippen LogP contribution in [0, 0.1) is 11.8 Å². The van der Waals surface area contributed by atoms with Crippen LogP contribution in [0.15, 0.2) is 241 Å². The van der Waals surface area contributed by atoms with E-state index >= 15 is 0 Å². The van der Waals surface area contributed by atoms with Crippen molar-refractivity contribution in [2.45, 2.75) is 16.1 Å². The monoisotopic (exact) mass is 870 g/mol. The number of benzene rings is 9. The van der Waals surface area contributed by atoms with Crippen molar-refractivity contribution >= 4 is 88.2 Å². The van der Waals surface area contributed by atoms with Crippen LogP contribution in [0.5, 0.6) is 0 Å². The van der Waals surface area contributed by atoms with Crippen LogP contribution in [0.25, 0.3) is 93.2 Å². The van der Waals surface area contributed by atoms with E-state index in [4.69, 9.17) is 0 Å². The van der Waals surface area contributed by atoms with E-state index in [0.29, 0.717) is 5.25 Å². The van der Waals surface area contributed by atoms with Crippen LogP contribution >= 0.6 is 11.8 Å². The normalized spacial score (nSPS) is 19.4. The van der Waals surface area contributed by atoms with Gasteiger partial charge in [-0.1, -0.05) is 200 Å². The maximum Gasteiger partial charge on any atom is 0.0619 e. The van der Waals surface area contributed by atoms with Crippen LogP contribution in [0.1, 0.15) is 11.5 Å². The highest BCUT2D eigenvalue weighted by atomic mass is 32.2. The van der Waals surface area contributed by atoms with E-state index < -0.39 is 0 Å². The van der Waals surface area contributed by atoms with E-state index in [1.165, 1.54) is 120 Å². The van der Waals surface area contributed by atoms with Gasteiger partial charge in [-0.05, 0) is 74.2 Å². The lowest BCUT2D eigenvalue weighted by Gasteiger charge is -2.37. The first-order valence-electron chi connectivity index (χ1n) is 23.6. The molecule has 4 atom stereocenters. The van der Waals surface area contributed by atoms with Crippen LogP contribution < -0.4 is 10.4 Å².